The summed E-state index contributed by atoms with van der Waals surface area (Å²) in [6.45, 7) is 5.19. The maximum Gasteiger partial charge on any atom is 0.265 e. The van der Waals surface area contributed by atoms with Gasteiger partial charge in [0.15, 0.2) is 0 Å². The lowest BCUT2D eigenvalue weighted by Crippen LogP contribution is -2.30. The average Bonchev–Trinajstić information content (AvgIpc) is 2.73. The van der Waals surface area contributed by atoms with Crippen molar-refractivity contribution in [3.8, 4) is 5.75 Å². The Morgan fingerprint density at radius 2 is 1.83 bits per heavy atom. The van der Waals surface area contributed by atoms with Crippen molar-refractivity contribution in [1.82, 2.24) is 4.98 Å². The van der Waals surface area contributed by atoms with E-state index in [1.54, 1.807) is 24.3 Å². The molecule has 0 fully saturated rings. The zero-order valence-electron chi connectivity index (χ0n) is 16.6. The van der Waals surface area contributed by atoms with Gasteiger partial charge in [0.1, 0.15) is 23.1 Å². The van der Waals surface area contributed by atoms with E-state index in [4.69, 9.17) is 4.74 Å². The normalized spacial score (nSPS) is 11.1. The molecule has 29 heavy (non-hydrogen) atoms. The monoisotopic (exact) mass is 411 g/mol. The Bertz CT molecular complexity index is 1020. The minimum Gasteiger partial charge on any atom is -0.492 e. The van der Waals surface area contributed by atoms with Crippen molar-refractivity contribution in [2.24, 2.45) is 0 Å². The van der Waals surface area contributed by atoms with Gasteiger partial charge in [0, 0.05) is 12.7 Å². The molecule has 0 spiro atoms. The van der Waals surface area contributed by atoms with Gasteiger partial charge in [-0.05, 0) is 55.8 Å². The molecular formula is C22H25N3O3S. The number of anilines is 2. The van der Waals surface area contributed by atoms with Gasteiger partial charge in [0.2, 0.25) is 0 Å². The van der Waals surface area contributed by atoms with E-state index in [-0.39, 0.29) is 4.90 Å². The molecule has 1 heterocycles. The molecule has 0 radical (unpaired) electrons. The van der Waals surface area contributed by atoms with Gasteiger partial charge in [-0.25, -0.2) is 13.4 Å². The Hall–Kier alpha value is -3.06. The molecule has 0 aliphatic rings. The van der Waals surface area contributed by atoms with E-state index in [2.05, 4.69) is 10.3 Å². The Labute approximate surface area is 172 Å². The Morgan fingerprint density at radius 1 is 1.03 bits per heavy atom. The van der Waals surface area contributed by atoms with E-state index in [9.17, 15) is 8.42 Å². The van der Waals surface area contributed by atoms with Crippen molar-refractivity contribution in [1.29, 1.82) is 0 Å². The zero-order valence-corrected chi connectivity index (χ0v) is 17.4. The van der Waals surface area contributed by atoms with Crippen LogP contribution in [0.25, 0.3) is 0 Å². The van der Waals surface area contributed by atoms with E-state index in [0.29, 0.717) is 31.2 Å². The summed E-state index contributed by atoms with van der Waals surface area (Å²) in [6, 6.07) is 20.1. The van der Waals surface area contributed by atoms with Gasteiger partial charge in [-0.2, -0.15) is 0 Å². The number of para-hydroxylation sites is 1. The molecule has 0 saturated carbocycles. The van der Waals surface area contributed by atoms with Gasteiger partial charge in [0.05, 0.1) is 12.2 Å². The number of aryl methyl sites for hydroxylation is 1. The highest BCUT2D eigenvalue weighted by Gasteiger charge is 2.23. The molecule has 152 valence electrons. The first-order valence-corrected chi connectivity index (χ1v) is 10.9. The third-order valence-corrected chi connectivity index (χ3v) is 6.21. The summed E-state index contributed by atoms with van der Waals surface area (Å²) < 4.78 is 33.0. The molecule has 0 unspecified atom stereocenters. The number of aromatic nitrogens is 1. The van der Waals surface area contributed by atoms with Gasteiger partial charge in [0.25, 0.3) is 10.0 Å². The molecule has 1 aromatic heterocycles. The molecule has 2 aromatic carbocycles. The second kappa shape index (κ2) is 9.43. The van der Waals surface area contributed by atoms with Gasteiger partial charge < -0.3 is 10.1 Å². The van der Waals surface area contributed by atoms with Gasteiger partial charge >= 0.3 is 0 Å². The standard InChI is InChI=1S/C22H25N3O3S/c1-3-25(19-9-5-4-6-10-19)29(26,27)21-12-13-22(24-17-21)23-14-15-28-20-11-7-8-18(2)16-20/h4-13,16-17H,3,14-15H2,1-2H3,(H,23,24). The number of hydrogen-bond donors (Lipinski definition) is 1. The molecule has 0 amide bonds. The van der Waals surface area contributed by atoms with E-state index in [1.807, 2.05) is 56.3 Å². The van der Waals surface area contributed by atoms with Crippen molar-refractivity contribution in [2.75, 3.05) is 29.3 Å². The van der Waals surface area contributed by atoms with Crippen LogP contribution in [-0.2, 0) is 10.0 Å². The molecule has 0 bridgehead atoms. The first kappa shape index (κ1) is 20.7. The largest absolute Gasteiger partial charge is 0.492 e. The summed E-state index contributed by atoms with van der Waals surface area (Å²) in [5.41, 5.74) is 1.77. The highest BCUT2D eigenvalue weighted by molar-refractivity contribution is 7.92. The van der Waals surface area contributed by atoms with E-state index in [1.165, 1.54) is 10.5 Å². The number of benzene rings is 2. The highest BCUT2D eigenvalue weighted by Crippen LogP contribution is 2.23. The van der Waals surface area contributed by atoms with Crippen LogP contribution >= 0.6 is 0 Å². The van der Waals surface area contributed by atoms with Gasteiger partial charge in [-0.15, -0.1) is 0 Å². The van der Waals surface area contributed by atoms with E-state index >= 15 is 0 Å². The molecule has 6 nitrogen and oxygen atoms in total. The third-order valence-electron chi connectivity index (χ3n) is 4.32. The quantitative estimate of drug-likeness (QED) is 0.537. The highest BCUT2D eigenvalue weighted by atomic mass is 32.2. The fourth-order valence-electron chi connectivity index (χ4n) is 2.90. The van der Waals surface area contributed by atoms with E-state index < -0.39 is 10.0 Å². The number of ether oxygens (including phenoxy) is 1. The SMILES string of the molecule is CCN(c1ccccc1)S(=O)(=O)c1ccc(NCCOc2cccc(C)c2)nc1. The number of pyridine rings is 1. The molecular weight excluding hydrogens is 386 g/mol. The van der Waals surface area contributed by atoms with Crippen LogP contribution in [0.2, 0.25) is 0 Å². The zero-order chi connectivity index (χ0) is 20.7. The molecule has 3 aromatic rings. The number of nitrogens with zero attached hydrogens (tertiary/aromatic N) is 2. The van der Waals surface area contributed by atoms with Crippen molar-refractivity contribution >= 4 is 21.5 Å². The summed E-state index contributed by atoms with van der Waals surface area (Å²) in [5, 5.41) is 3.14. The van der Waals surface area contributed by atoms with Crippen LogP contribution in [0, 0.1) is 6.92 Å². The first-order chi connectivity index (χ1) is 14.0. The summed E-state index contributed by atoms with van der Waals surface area (Å²) in [6.07, 6.45) is 1.38. The fraction of sp³-hybridized carbons (Fsp3) is 0.227. The average molecular weight is 412 g/mol. The lowest BCUT2D eigenvalue weighted by Gasteiger charge is -2.22. The maximum absolute atomic E-state index is 13.0. The summed E-state index contributed by atoms with van der Waals surface area (Å²) >= 11 is 0. The van der Waals surface area contributed by atoms with Crippen LogP contribution in [0.1, 0.15) is 12.5 Å². The molecule has 3 rings (SSSR count). The smallest absolute Gasteiger partial charge is 0.265 e. The minimum absolute atomic E-state index is 0.157. The lowest BCUT2D eigenvalue weighted by molar-refractivity contribution is 0.332. The van der Waals surface area contributed by atoms with Crippen LogP contribution in [0.4, 0.5) is 11.5 Å². The van der Waals surface area contributed by atoms with Crippen LogP contribution in [0.15, 0.2) is 77.8 Å². The second-order valence-corrected chi connectivity index (χ2v) is 8.34. The maximum atomic E-state index is 13.0. The molecule has 0 aliphatic carbocycles. The minimum atomic E-state index is -3.67. The lowest BCUT2D eigenvalue weighted by atomic mass is 10.2. The molecule has 7 heteroatoms. The van der Waals surface area contributed by atoms with Crippen LogP contribution in [-0.4, -0.2) is 33.1 Å². The number of nitrogens with one attached hydrogen (secondary N) is 1. The predicted octanol–water partition coefficient (Wildman–Crippen LogP) is 4.10. The number of sulfonamides is 1. The summed E-state index contributed by atoms with van der Waals surface area (Å²) in [7, 11) is -3.67. The van der Waals surface area contributed by atoms with Crippen LogP contribution < -0.4 is 14.4 Å². The number of rotatable bonds is 9. The van der Waals surface area contributed by atoms with Gasteiger partial charge in [-0.3, -0.25) is 4.31 Å². The third kappa shape index (κ3) is 5.26. The molecule has 0 atom stereocenters. The Balaban J connectivity index is 1.60. The fourth-order valence-corrected chi connectivity index (χ4v) is 4.32. The van der Waals surface area contributed by atoms with Crippen LogP contribution in [0.5, 0.6) is 5.75 Å². The van der Waals surface area contributed by atoms with Crippen molar-refractivity contribution < 1.29 is 13.2 Å². The van der Waals surface area contributed by atoms with E-state index in [0.717, 1.165) is 11.3 Å². The molecule has 0 saturated heterocycles. The Kier molecular flexibility index (Phi) is 6.72. The molecule has 0 aliphatic heterocycles. The van der Waals surface area contributed by atoms with Crippen LogP contribution in [0.3, 0.4) is 0 Å². The molecule has 1 N–H and O–H groups in total. The first-order valence-electron chi connectivity index (χ1n) is 9.48. The summed E-state index contributed by atoms with van der Waals surface area (Å²) in [4.78, 5) is 4.40. The van der Waals surface area contributed by atoms with Crippen molar-refractivity contribution in [3.05, 3.63) is 78.5 Å². The topological polar surface area (TPSA) is 71.5 Å². The van der Waals surface area contributed by atoms with Crippen molar-refractivity contribution in [3.63, 3.8) is 0 Å². The van der Waals surface area contributed by atoms with Crippen molar-refractivity contribution in [2.45, 2.75) is 18.7 Å². The van der Waals surface area contributed by atoms with Gasteiger partial charge in [-0.1, -0.05) is 30.3 Å². The Morgan fingerprint density at radius 3 is 2.48 bits per heavy atom. The summed E-state index contributed by atoms with van der Waals surface area (Å²) in [5.74, 6) is 1.42. The predicted molar refractivity (Wildman–Crippen MR) is 116 cm³/mol. The number of hydrogen-bond acceptors (Lipinski definition) is 5. The second-order valence-electron chi connectivity index (χ2n) is 6.48.